The van der Waals surface area contributed by atoms with Crippen LogP contribution in [0.3, 0.4) is 0 Å². The Kier molecular flexibility index (Phi) is 4.16. The molecule has 20 heavy (non-hydrogen) atoms. The summed E-state index contributed by atoms with van der Waals surface area (Å²) in [7, 11) is 5.30. The van der Waals surface area contributed by atoms with Crippen LogP contribution < -0.4 is 26.2 Å². The first-order chi connectivity index (χ1) is 9.62. The molecule has 0 unspecified atom stereocenters. The summed E-state index contributed by atoms with van der Waals surface area (Å²) in [5.41, 5.74) is 3.26. The van der Waals surface area contributed by atoms with E-state index in [-0.39, 0.29) is 0 Å². The highest BCUT2D eigenvalue weighted by atomic mass is 16.5. The van der Waals surface area contributed by atoms with E-state index in [2.05, 4.69) is 25.7 Å². The average Bonchev–Trinajstić information content (AvgIpc) is 2.47. The Balaban J connectivity index is 2.24. The molecular weight excluding hydrogens is 258 g/mol. The summed E-state index contributed by atoms with van der Waals surface area (Å²) in [4.78, 5) is 14.3. The zero-order chi connectivity index (χ0) is 14.5. The van der Waals surface area contributed by atoms with Crippen LogP contribution in [0.2, 0.25) is 0 Å². The Bertz CT molecular complexity index is 571. The molecule has 0 saturated heterocycles. The normalized spacial score (nSPS) is 10.0. The van der Waals surface area contributed by atoms with E-state index >= 15 is 0 Å². The number of methoxy groups -OCH3 is 1. The van der Waals surface area contributed by atoms with Gasteiger partial charge in [0.25, 0.3) is 0 Å². The molecule has 1 aromatic heterocycles. The van der Waals surface area contributed by atoms with Crippen LogP contribution in [-0.4, -0.2) is 36.2 Å². The van der Waals surface area contributed by atoms with Crippen molar-refractivity contribution < 1.29 is 4.74 Å². The summed E-state index contributed by atoms with van der Waals surface area (Å²) in [5, 5.41) is 3.09. The van der Waals surface area contributed by atoms with Gasteiger partial charge in [-0.25, -0.2) is 5.84 Å². The molecular formula is C12H17N7O. The van der Waals surface area contributed by atoms with Crippen molar-refractivity contribution in [1.82, 2.24) is 15.0 Å². The number of hydrazine groups is 1. The highest BCUT2D eigenvalue weighted by molar-refractivity contribution is 5.56. The second-order valence-electron chi connectivity index (χ2n) is 4.17. The van der Waals surface area contributed by atoms with Gasteiger partial charge in [-0.2, -0.15) is 15.0 Å². The summed E-state index contributed by atoms with van der Waals surface area (Å²) >= 11 is 0. The number of rotatable bonds is 5. The average molecular weight is 275 g/mol. The van der Waals surface area contributed by atoms with Crippen LogP contribution in [0, 0.1) is 0 Å². The number of aromatic nitrogens is 3. The van der Waals surface area contributed by atoms with E-state index in [0.717, 1.165) is 11.4 Å². The zero-order valence-electron chi connectivity index (χ0n) is 11.6. The van der Waals surface area contributed by atoms with Crippen molar-refractivity contribution in [2.45, 2.75) is 0 Å². The van der Waals surface area contributed by atoms with Crippen molar-refractivity contribution in [3.8, 4) is 5.75 Å². The lowest BCUT2D eigenvalue weighted by Crippen LogP contribution is -2.18. The van der Waals surface area contributed by atoms with Crippen LogP contribution in [0.5, 0.6) is 5.75 Å². The molecule has 106 valence electrons. The Labute approximate surface area is 117 Å². The van der Waals surface area contributed by atoms with Crippen molar-refractivity contribution in [1.29, 1.82) is 0 Å². The van der Waals surface area contributed by atoms with E-state index in [0.29, 0.717) is 17.8 Å². The van der Waals surface area contributed by atoms with Crippen LogP contribution in [0.25, 0.3) is 0 Å². The lowest BCUT2D eigenvalue weighted by Gasteiger charge is -2.13. The van der Waals surface area contributed by atoms with Gasteiger partial charge in [0.05, 0.1) is 7.11 Å². The van der Waals surface area contributed by atoms with Crippen molar-refractivity contribution in [2.24, 2.45) is 5.84 Å². The highest BCUT2D eigenvalue weighted by Gasteiger charge is 2.07. The minimum absolute atomic E-state index is 0.291. The lowest BCUT2D eigenvalue weighted by atomic mass is 10.3. The number of nitrogens with zero attached hydrogens (tertiary/aromatic N) is 4. The van der Waals surface area contributed by atoms with Gasteiger partial charge in [0.2, 0.25) is 17.8 Å². The first-order valence-electron chi connectivity index (χ1n) is 5.93. The van der Waals surface area contributed by atoms with Crippen molar-refractivity contribution in [3.63, 3.8) is 0 Å². The molecule has 2 aromatic rings. The van der Waals surface area contributed by atoms with E-state index in [9.17, 15) is 0 Å². The molecule has 0 aliphatic rings. The van der Waals surface area contributed by atoms with E-state index in [1.54, 1.807) is 12.0 Å². The van der Waals surface area contributed by atoms with Crippen LogP contribution in [-0.2, 0) is 0 Å². The fourth-order valence-electron chi connectivity index (χ4n) is 1.49. The number of nitrogens with two attached hydrogens (primary N) is 1. The van der Waals surface area contributed by atoms with Crippen molar-refractivity contribution in [3.05, 3.63) is 24.3 Å². The Morgan fingerprint density at radius 3 is 2.25 bits per heavy atom. The maximum absolute atomic E-state index is 5.35. The molecule has 0 fully saturated rings. The highest BCUT2D eigenvalue weighted by Crippen LogP contribution is 2.19. The number of nitrogen functional groups attached to an aromatic ring is 1. The zero-order valence-corrected chi connectivity index (χ0v) is 11.6. The van der Waals surface area contributed by atoms with Gasteiger partial charge in [-0.1, -0.05) is 0 Å². The SMILES string of the molecule is COc1ccc(Nc2nc(NN)nc(N(C)C)n2)cc1. The van der Waals surface area contributed by atoms with Gasteiger partial charge < -0.3 is 15.0 Å². The number of ether oxygens (including phenoxy) is 1. The summed E-state index contributed by atoms with van der Waals surface area (Å²) in [5.74, 6) is 7.33. The summed E-state index contributed by atoms with van der Waals surface area (Å²) in [6, 6.07) is 7.43. The van der Waals surface area contributed by atoms with E-state index in [1.165, 1.54) is 0 Å². The lowest BCUT2D eigenvalue weighted by molar-refractivity contribution is 0.415. The molecule has 8 nitrogen and oxygen atoms in total. The number of nitrogens with one attached hydrogen (secondary N) is 2. The predicted molar refractivity (Wildman–Crippen MR) is 78.2 cm³/mol. The molecule has 8 heteroatoms. The predicted octanol–water partition coefficient (Wildman–Crippen LogP) is 0.975. The first-order valence-corrected chi connectivity index (χ1v) is 5.93. The molecule has 0 aliphatic heterocycles. The quantitative estimate of drug-likeness (QED) is 0.548. The van der Waals surface area contributed by atoms with Gasteiger partial charge >= 0.3 is 0 Å². The third kappa shape index (κ3) is 3.23. The molecule has 2 rings (SSSR count). The molecule has 1 heterocycles. The first kappa shape index (κ1) is 13.8. The van der Waals surface area contributed by atoms with Gasteiger partial charge in [-0.3, -0.25) is 5.43 Å². The largest absolute Gasteiger partial charge is 0.497 e. The third-order valence-corrected chi connectivity index (χ3v) is 2.50. The fourth-order valence-corrected chi connectivity index (χ4v) is 1.49. The number of hydrogen-bond acceptors (Lipinski definition) is 8. The number of hydrogen-bond donors (Lipinski definition) is 3. The molecule has 1 aromatic carbocycles. The maximum Gasteiger partial charge on any atom is 0.243 e. The number of anilines is 4. The van der Waals surface area contributed by atoms with Gasteiger partial charge in [-0.15, -0.1) is 0 Å². The molecule has 0 saturated carbocycles. The third-order valence-electron chi connectivity index (χ3n) is 2.50. The van der Waals surface area contributed by atoms with E-state index < -0.39 is 0 Å². The Hall–Kier alpha value is -2.61. The van der Waals surface area contributed by atoms with Gasteiger partial charge in [0, 0.05) is 19.8 Å². The second kappa shape index (κ2) is 6.02. The molecule has 0 aliphatic carbocycles. The molecule has 0 amide bonds. The van der Waals surface area contributed by atoms with Gasteiger partial charge in [-0.05, 0) is 24.3 Å². The second-order valence-corrected chi connectivity index (χ2v) is 4.17. The smallest absolute Gasteiger partial charge is 0.243 e. The van der Waals surface area contributed by atoms with Gasteiger partial charge in [0.1, 0.15) is 5.75 Å². The monoisotopic (exact) mass is 275 g/mol. The molecule has 0 radical (unpaired) electrons. The Morgan fingerprint density at radius 2 is 1.70 bits per heavy atom. The molecule has 0 atom stereocenters. The summed E-state index contributed by atoms with van der Waals surface area (Å²) < 4.78 is 5.10. The summed E-state index contributed by atoms with van der Waals surface area (Å²) in [6.45, 7) is 0. The minimum Gasteiger partial charge on any atom is -0.497 e. The van der Waals surface area contributed by atoms with Crippen LogP contribution in [0.4, 0.5) is 23.5 Å². The maximum atomic E-state index is 5.35. The standard InChI is InChI=1S/C12H17N7O/c1-19(2)12-16-10(15-11(17-12)18-13)14-8-4-6-9(20-3)7-5-8/h4-7H,13H2,1-3H3,(H2,14,15,16,17,18). The van der Waals surface area contributed by atoms with Crippen LogP contribution in [0.1, 0.15) is 0 Å². The van der Waals surface area contributed by atoms with E-state index in [4.69, 9.17) is 10.6 Å². The van der Waals surface area contributed by atoms with Crippen LogP contribution >= 0.6 is 0 Å². The molecule has 0 spiro atoms. The van der Waals surface area contributed by atoms with Gasteiger partial charge in [0.15, 0.2) is 0 Å². The minimum atomic E-state index is 0.291. The fraction of sp³-hybridized carbons (Fsp3) is 0.250. The Morgan fingerprint density at radius 1 is 1.05 bits per heavy atom. The molecule has 4 N–H and O–H groups in total. The summed E-state index contributed by atoms with van der Waals surface area (Å²) in [6.07, 6.45) is 0. The van der Waals surface area contributed by atoms with Crippen molar-refractivity contribution in [2.75, 3.05) is 36.8 Å². The number of benzene rings is 1. The molecule has 0 bridgehead atoms. The topological polar surface area (TPSA) is 101 Å². The van der Waals surface area contributed by atoms with E-state index in [1.807, 2.05) is 38.4 Å². The van der Waals surface area contributed by atoms with Crippen molar-refractivity contribution >= 4 is 23.5 Å². The van der Waals surface area contributed by atoms with Crippen LogP contribution in [0.15, 0.2) is 24.3 Å².